The van der Waals surface area contributed by atoms with Crippen LogP contribution in [0.2, 0.25) is 0 Å². The predicted molar refractivity (Wildman–Crippen MR) is 81.1 cm³/mol. The standard InChI is InChI=1S/C14H18BrN3O2/c15-12-7-10-1-4-20-13(10)11(8-12)9-17-14(16)18-2-5-19-6-3-18/h7-8H,1-6,9H2,(H2,16,17). The van der Waals surface area contributed by atoms with E-state index >= 15 is 0 Å². The fraction of sp³-hybridized carbons (Fsp3) is 0.500. The molecular formula is C14H18BrN3O2. The lowest BCUT2D eigenvalue weighted by Crippen LogP contribution is -2.44. The lowest BCUT2D eigenvalue weighted by molar-refractivity contribution is 0.0674. The minimum absolute atomic E-state index is 0.547. The third-order valence-electron chi connectivity index (χ3n) is 3.57. The molecule has 2 heterocycles. The Hall–Kier alpha value is -1.27. The zero-order chi connectivity index (χ0) is 13.9. The Morgan fingerprint density at radius 3 is 2.90 bits per heavy atom. The number of hydrogen-bond acceptors (Lipinski definition) is 3. The predicted octanol–water partition coefficient (Wildman–Crippen LogP) is 1.53. The molecule has 0 saturated carbocycles. The van der Waals surface area contributed by atoms with Gasteiger partial charge in [-0.1, -0.05) is 15.9 Å². The highest BCUT2D eigenvalue weighted by Crippen LogP contribution is 2.33. The van der Waals surface area contributed by atoms with E-state index in [0.29, 0.717) is 25.7 Å². The zero-order valence-electron chi connectivity index (χ0n) is 11.3. The van der Waals surface area contributed by atoms with E-state index in [4.69, 9.17) is 15.2 Å². The molecule has 0 spiro atoms. The maximum absolute atomic E-state index is 6.05. The van der Waals surface area contributed by atoms with Crippen LogP contribution in [0.5, 0.6) is 5.75 Å². The topological polar surface area (TPSA) is 60.1 Å². The summed E-state index contributed by atoms with van der Waals surface area (Å²) < 4.78 is 12.1. The van der Waals surface area contributed by atoms with Crippen molar-refractivity contribution < 1.29 is 9.47 Å². The summed E-state index contributed by atoms with van der Waals surface area (Å²) in [6, 6.07) is 4.17. The SMILES string of the molecule is NC(=NCc1cc(Br)cc2c1OCC2)N1CCOCC1. The van der Waals surface area contributed by atoms with Gasteiger partial charge in [0.15, 0.2) is 5.96 Å². The van der Waals surface area contributed by atoms with Crippen molar-refractivity contribution in [1.29, 1.82) is 0 Å². The summed E-state index contributed by atoms with van der Waals surface area (Å²) in [5.41, 5.74) is 8.38. The first-order valence-corrected chi connectivity index (χ1v) is 7.60. The van der Waals surface area contributed by atoms with Gasteiger partial charge in [-0.3, -0.25) is 0 Å². The van der Waals surface area contributed by atoms with Crippen LogP contribution in [-0.2, 0) is 17.7 Å². The van der Waals surface area contributed by atoms with Gasteiger partial charge in [0.05, 0.1) is 26.4 Å². The number of halogens is 1. The average Bonchev–Trinajstić information content (AvgIpc) is 2.93. The normalized spacial score (nSPS) is 18.9. The molecule has 108 valence electrons. The number of nitrogens with two attached hydrogens (primary N) is 1. The quantitative estimate of drug-likeness (QED) is 0.655. The highest BCUT2D eigenvalue weighted by molar-refractivity contribution is 9.10. The van der Waals surface area contributed by atoms with Crippen LogP contribution in [0.25, 0.3) is 0 Å². The zero-order valence-corrected chi connectivity index (χ0v) is 12.9. The molecule has 0 bridgehead atoms. The van der Waals surface area contributed by atoms with Crippen LogP contribution in [0, 0.1) is 0 Å². The van der Waals surface area contributed by atoms with Crippen molar-refractivity contribution in [3.05, 3.63) is 27.7 Å². The molecular weight excluding hydrogens is 322 g/mol. The molecule has 2 N–H and O–H groups in total. The number of aliphatic imine (C=N–C) groups is 1. The van der Waals surface area contributed by atoms with Gasteiger partial charge in [-0.2, -0.15) is 0 Å². The molecule has 0 aromatic heterocycles. The summed E-state index contributed by atoms with van der Waals surface area (Å²) >= 11 is 3.54. The lowest BCUT2D eigenvalue weighted by Gasteiger charge is -2.27. The van der Waals surface area contributed by atoms with Crippen LogP contribution in [0.3, 0.4) is 0 Å². The molecule has 1 aromatic carbocycles. The third kappa shape index (κ3) is 2.91. The van der Waals surface area contributed by atoms with Crippen LogP contribution in [0.4, 0.5) is 0 Å². The molecule has 5 nitrogen and oxygen atoms in total. The van der Waals surface area contributed by atoms with E-state index in [2.05, 4.69) is 38.0 Å². The molecule has 0 radical (unpaired) electrons. The van der Waals surface area contributed by atoms with Gasteiger partial charge < -0.3 is 20.1 Å². The molecule has 3 rings (SSSR count). The van der Waals surface area contributed by atoms with Crippen molar-refractivity contribution in [2.75, 3.05) is 32.9 Å². The van der Waals surface area contributed by atoms with E-state index in [0.717, 1.165) is 41.9 Å². The minimum Gasteiger partial charge on any atom is -0.493 e. The Morgan fingerprint density at radius 2 is 2.10 bits per heavy atom. The molecule has 6 heteroatoms. The maximum atomic E-state index is 6.05. The molecule has 0 atom stereocenters. The maximum Gasteiger partial charge on any atom is 0.191 e. The average molecular weight is 340 g/mol. The molecule has 0 unspecified atom stereocenters. The third-order valence-corrected chi connectivity index (χ3v) is 4.03. The van der Waals surface area contributed by atoms with E-state index in [1.165, 1.54) is 5.56 Å². The van der Waals surface area contributed by atoms with E-state index in [1.807, 2.05) is 0 Å². The smallest absolute Gasteiger partial charge is 0.191 e. The number of morpholine rings is 1. The summed E-state index contributed by atoms with van der Waals surface area (Å²) in [5.74, 6) is 1.56. The van der Waals surface area contributed by atoms with Crippen LogP contribution >= 0.6 is 15.9 Å². The largest absolute Gasteiger partial charge is 0.493 e. The molecule has 0 amide bonds. The minimum atomic E-state index is 0.547. The van der Waals surface area contributed by atoms with Crippen molar-refractivity contribution >= 4 is 21.9 Å². The fourth-order valence-corrected chi connectivity index (χ4v) is 3.07. The van der Waals surface area contributed by atoms with Crippen LogP contribution in [-0.4, -0.2) is 43.8 Å². The summed E-state index contributed by atoms with van der Waals surface area (Å²) in [6.07, 6.45) is 0.963. The summed E-state index contributed by atoms with van der Waals surface area (Å²) in [4.78, 5) is 6.56. The van der Waals surface area contributed by atoms with E-state index < -0.39 is 0 Å². The van der Waals surface area contributed by atoms with Gasteiger partial charge in [0, 0.05) is 29.5 Å². The molecule has 0 aliphatic carbocycles. The van der Waals surface area contributed by atoms with Gasteiger partial charge in [0.25, 0.3) is 0 Å². The monoisotopic (exact) mass is 339 g/mol. The highest BCUT2D eigenvalue weighted by Gasteiger charge is 2.18. The second-order valence-corrected chi connectivity index (χ2v) is 5.84. The fourth-order valence-electron chi connectivity index (χ4n) is 2.52. The Balaban J connectivity index is 1.74. The van der Waals surface area contributed by atoms with E-state index in [9.17, 15) is 0 Å². The number of rotatable bonds is 2. The van der Waals surface area contributed by atoms with E-state index in [1.54, 1.807) is 0 Å². The number of fused-ring (bicyclic) bond motifs is 1. The van der Waals surface area contributed by atoms with Crippen LogP contribution < -0.4 is 10.5 Å². The van der Waals surface area contributed by atoms with Crippen LogP contribution in [0.15, 0.2) is 21.6 Å². The van der Waals surface area contributed by atoms with Gasteiger partial charge in [-0.25, -0.2) is 4.99 Å². The first-order chi connectivity index (χ1) is 9.74. The first-order valence-electron chi connectivity index (χ1n) is 6.81. The van der Waals surface area contributed by atoms with Crippen molar-refractivity contribution in [2.24, 2.45) is 10.7 Å². The second kappa shape index (κ2) is 6.01. The van der Waals surface area contributed by atoms with Gasteiger partial charge in [0.2, 0.25) is 0 Å². The van der Waals surface area contributed by atoms with Gasteiger partial charge >= 0.3 is 0 Å². The molecule has 1 aromatic rings. The second-order valence-electron chi connectivity index (χ2n) is 4.93. The number of nitrogens with zero attached hydrogens (tertiary/aromatic N) is 2. The number of benzene rings is 1. The Labute approximate surface area is 126 Å². The van der Waals surface area contributed by atoms with Gasteiger partial charge in [-0.05, 0) is 17.7 Å². The number of ether oxygens (including phenoxy) is 2. The number of guanidine groups is 1. The van der Waals surface area contributed by atoms with Crippen molar-refractivity contribution in [2.45, 2.75) is 13.0 Å². The molecule has 1 saturated heterocycles. The summed E-state index contributed by atoms with van der Waals surface area (Å²) in [5, 5.41) is 0. The van der Waals surface area contributed by atoms with Gasteiger partial charge in [0.1, 0.15) is 5.75 Å². The Kier molecular flexibility index (Phi) is 4.12. The lowest BCUT2D eigenvalue weighted by atomic mass is 10.1. The number of hydrogen-bond donors (Lipinski definition) is 1. The first kappa shape index (κ1) is 13.7. The van der Waals surface area contributed by atoms with E-state index in [-0.39, 0.29) is 0 Å². The molecule has 1 fully saturated rings. The Bertz CT molecular complexity index is 527. The molecule has 2 aliphatic rings. The molecule has 2 aliphatic heterocycles. The highest BCUT2D eigenvalue weighted by atomic mass is 79.9. The van der Waals surface area contributed by atoms with Crippen molar-refractivity contribution in [3.8, 4) is 5.75 Å². The van der Waals surface area contributed by atoms with Crippen LogP contribution in [0.1, 0.15) is 11.1 Å². The molecule has 20 heavy (non-hydrogen) atoms. The summed E-state index contributed by atoms with van der Waals surface area (Å²) in [6.45, 7) is 4.34. The Morgan fingerprint density at radius 1 is 1.30 bits per heavy atom. The van der Waals surface area contributed by atoms with Crippen molar-refractivity contribution in [1.82, 2.24) is 4.90 Å². The summed E-state index contributed by atoms with van der Waals surface area (Å²) in [7, 11) is 0. The van der Waals surface area contributed by atoms with Crippen molar-refractivity contribution in [3.63, 3.8) is 0 Å². The van der Waals surface area contributed by atoms with Gasteiger partial charge in [-0.15, -0.1) is 0 Å².